The minimum Gasteiger partial charge on any atom is -0.497 e. The number of amides is 2. The summed E-state index contributed by atoms with van der Waals surface area (Å²) in [6.45, 7) is 1.58. The van der Waals surface area contributed by atoms with Crippen LogP contribution >= 0.6 is 11.8 Å². The fourth-order valence-corrected chi connectivity index (χ4v) is 4.52. The van der Waals surface area contributed by atoms with E-state index < -0.39 is 17.9 Å². The molecule has 2 aliphatic rings. The summed E-state index contributed by atoms with van der Waals surface area (Å²) in [5.41, 5.74) is 0.584. The monoisotopic (exact) mass is 364 g/mol. The Kier molecular flexibility index (Phi) is 4.89. The number of hydrogen-bond acceptors (Lipinski definition) is 6. The lowest BCUT2D eigenvalue weighted by Crippen LogP contribution is -2.47. The zero-order valence-electron chi connectivity index (χ0n) is 14.1. The van der Waals surface area contributed by atoms with Crippen molar-refractivity contribution in [3.8, 4) is 5.75 Å². The lowest BCUT2D eigenvalue weighted by Gasteiger charge is -2.29. The second-order valence-corrected chi connectivity index (χ2v) is 7.65. The zero-order chi connectivity index (χ0) is 18.0. The van der Waals surface area contributed by atoms with E-state index in [9.17, 15) is 14.4 Å². The van der Waals surface area contributed by atoms with E-state index in [-0.39, 0.29) is 17.4 Å². The van der Waals surface area contributed by atoms with Crippen LogP contribution in [0.3, 0.4) is 0 Å². The van der Waals surface area contributed by atoms with Crippen molar-refractivity contribution in [1.82, 2.24) is 4.90 Å². The van der Waals surface area contributed by atoms with E-state index in [2.05, 4.69) is 5.32 Å². The van der Waals surface area contributed by atoms with Gasteiger partial charge < -0.3 is 19.7 Å². The molecule has 134 valence electrons. The van der Waals surface area contributed by atoms with E-state index in [1.807, 2.05) is 6.92 Å². The quantitative estimate of drug-likeness (QED) is 0.800. The molecule has 2 amide bonds. The first-order chi connectivity index (χ1) is 11.9. The normalized spacial score (nSPS) is 24.8. The van der Waals surface area contributed by atoms with Crippen molar-refractivity contribution in [3.63, 3.8) is 0 Å². The Bertz CT molecular complexity index is 693. The Morgan fingerprint density at radius 2 is 2.08 bits per heavy atom. The number of anilines is 1. The lowest BCUT2D eigenvalue weighted by molar-refractivity contribution is -0.155. The number of carbonyl (C=O) groups is 3. The lowest BCUT2D eigenvalue weighted by atomic mass is 10.2. The first-order valence-corrected chi connectivity index (χ1v) is 8.98. The van der Waals surface area contributed by atoms with Crippen molar-refractivity contribution in [3.05, 3.63) is 24.3 Å². The fraction of sp³-hybridized carbons (Fsp3) is 0.471. The van der Waals surface area contributed by atoms with Gasteiger partial charge in [0, 0.05) is 17.9 Å². The smallest absolute Gasteiger partial charge is 0.330 e. The molecule has 2 aliphatic heterocycles. The van der Waals surface area contributed by atoms with Gasteiger partial charge in [-0.1, -0.05) is 0 Å². The van der Waals surface area contributed by atoms with Crippen LogP contribution in [0.4, 0.5) is 5.69 Å². The summed E-state index contributed by atoms with van der Waals surface area (Å²) < 4.78 is 10.2. The Morgan fingerprint density at radius 1 is 1.36 bits per heavy atom. The molecule has 2 atom stereocenters. The van der Waals surface area contributed by atoms with Crippen LogP contribution < -0.4 is 10.1 Å². The summed E-state index contributed by atoms with van der Waals surface area (Å²) in [7, 11) is 1.56. The Labute approximate surface area is 150 Å². The number of esters is 1. The van der Waals surface area contributed by atoms with Crippen molar-refractivity contribution >= 4 is 35.2 Å². The van der Waals surface area contributed by atoms with Crippen LogP contribution in [0.15, 0.2) is 24.3 Å². The second-order valence-electron chi connectivity index (χ2n) is 6.15. The predicted octanol–water partition coefficient (Wildman–Crippen LogP) is 1.63. The average molecular weight is 364 g/mol. The number of fused-ring (bicyclic) bond motifs is 1. The number of hydrogen-bond donors (Lipinski definition) is 1. The first-order valence-electron chi connectivity index (χ1n) is 7.99. The second kappa shape index (κ2) is 6.95. The molecule has 1 aromatic carbocycles. The van der Waals surface area contributed by atoms with E-state index in [0.29, 0.717) is 23.6 Å². The molecule has 2 heterocycles. The summed E-state index contributed by atoms with van der Waals surface area (Å²) in [6.07, 6.45) is 1.18. The third-order valence-electron chi connectivity index (χ3n) is 4.44. The SMILES string of the molecule is COc1ccc(NC(=O)COC(=O)[C@H]2CS[C@@]3(C)CCC(=O)N23)cc1. The van der Waals surface area contributed by atoms with Gasteiger partial charge in [-0.2, -0.15) is 0 Å². The summed E-state index contributed by atoms with van der Waals surface area (Å²) in [4.78, 5) is 37.5. The molecular weight excluding hydrogens is 344 g/mol. The Hall–Kier alpha value is -2.22. The van der Waals surface area contributed by atoms with Crippen molar-refractivity contribution in [2.45, 2.75) is 30.7 Å². The molecule has 0 saturated carbocycles. The summed E-state index contributed by atoms with van der Waals surface area (Å²) in [6, 6.07) is 6.22. The number of carbonyl (C=O) groups excluding carboxylic acids is 3. The van der Waals surface area contributed by atoms with E-state index in [0.717, 1.165) is 6.42 Å². The molecular formula is C17H20N2O5S. The summed E-state index contributed by atoms with van der Waals surface area (Å²) in [5.74, 6) is 0.191. The molecule has 0 unspecified atom stereocenters. The Balaban J connectivity index is 1.52. The van der Waals surface area contributed by atoms with Gasteiger partial charge in [0.1, 0.15) is 11.8 Å². The van der Waals surface area contributed by atoms with Gasteiger partial charge in [-0.05, 0) is 37.6 Å². The maximum Gasteiger partial charge on any atom is 0.330 e. The average Bonchev–Trinajstić information content (AvgIpc) is 3.10. The highest BCUT2D eigenvalue weighted by Crippen LogP contribution is 2.47. The zero-order valence-corrected chi connectivity index (χ0v) is 14.9. The highest BCUT2D eigenvalue weighted by Gasteiger charge is 2.53. The molecule has 0 aliphatic carbocycles. The van der Waals surface area contributed by atoms with Gasteiger partial charge in [-0.3, -0.25) is 9.59 Å². The van der Waals surface area contributed by atoms with Crippen LogP contribution in [0.1, 0.15) is 19.8 Å². The first kappa shape index (κ1) is 17.6. The highest BCUT2D eigenvalue weighted by atomic mass is 32.2. The molecule has 25 heavy (non-hydrogen) atoms. The summed E-state index contributed by atoms with van der Waals surface area (Å²) in [5, 5.41) is 2.64. The van der Waals surface area contributed by atoms with Crippen LogP contribution in [-0.4, -0.2) is 53.1 Å². The molecule has 2 fully saturated rings. The van der Waals surface area contributed by atoms with Gasteiger partial charge in [0.25, 0.3) is 5.91 Å². The van der Waals surface area contributed by atoms with E-state index >= 15 is 0 Å². The van der Waals surface area contributed by atoms with Crippen molar-refractivity contribution < 1.29 is 23.9 Å². The van der Waals surface area contributed by atoms with Crippen molar-refractivity contribution in [2.24, 2.45) is 0 Å². The minimum absolute atomic E-state index is 0.0304. The predicted molar refractivity (Wildman–Crippen MR) is 93.3 cm³/mol. The van der Waals surface area contributed by atoms with Gasteiger partial charge in [-0.15, -0.1) is 11.8 Å². The van der Waals surface area contributed by atoms with Gasteiger partial charge in [0.2, 0.25) is 5.91 Å². The minimum atomic E-state index is -0.612. The number of methoxy groups -OCH3 is 1. The molecule has 1 N–H and O–H groups in total. The number of nitrogens with zero attached hydrogens (tertiary/aromatic N) is 1. The van der Waals surface area contributed by atoms with E-state index in [1.165, 1.54) is 0 Å². The Morgan fingerprint density at radius 3 is 2.76 bits per heavy atom. The number of benzene rings is 1. The van der Waals surface area contributed by atoms with Gasteiger partial charge >= 0.3 is 5.97 Å². The summed E-state index contributed by atoms with van der Waals surface area (Å²) >= 11 is 1.59. The number of thioether (sulfide) groups is 1. The number of rotatable bonds is 5. The van der Waals surface area contributed by atoms with E-state index in [1.54, 1.807) is 48.0 Å². The molecule has 0 spiro atoms. The third-order valence-corrected chi connectivity index (χ3v) is 5.94. The molecule has 1 aromatic rings. The molecule has 3 rings (SSSR count). The van der Waals surface area contributed by atoms with E-state index in [4.69, 9.17) is 9.47 Å². The molecule has 0 aromatic heterocycles. The van der Waals surface area contributed by atoms with Crippen molar-refractivity contribution in [2.75, 3.05) is 24.8 Å². The number of nitrogens with one attached hydrogen (secondary N) is 1. The van der Waals surface area contributed by atoms with Crippen molar-refractivity contribution in [1.29, 1.82) is 0 Å². The molecule has 0 radical (unpaired) electrons. The van der Waals surface area contributed by atoms with Crippen LogP contribution in [0.25, 0.3) is 0 Å². The van der Waals surface area contributed by atoms with Crippen LogP contribution in [0, 0.1) is 0 Å². The largest absolute Gasteiger partial charge is 0.497 e. The number of ether oxygens (including phenoxy) is 2. The third kappa shape index (κ3) is 3.58. The van der Waals surface area contributed by atoms with Crippen LogP contribution in [0.2, 0.25) is 0 Å². The molecule has 2 saturated heterocycles. The molecule has 0 bridgehead atoms. The maximum atomic E-state index is 12.3. The van der Waals surface area contributed by atoms with Crippen LogP contribution in [0.5, 0.6) is 5.75 Å². The van der Waals surface area contributed by atoms with Gasteiger partial charge in [0.15, 0.2) is 6.61 Å². The standard InChI is InChI=1S/C17H20N2O5S/c1-17-8-7-15(21)19(17)13(10-25-17)16(22)24-9-14(20)18-11-3-5-12(23-2)6-4-11/h3-6,13H,7-10H2,1-2H3,(H,18,20)/t13-,17+/m1/s1. The van der Waals surface area contributed by atoms with Crippen LogP contribution in [-0.2, 0) is 19.1 Å². The van der Waals surface area contributed by atoms with Gasteiger partial charge in [0.05, 0.1) is 12.0 Å². The topological polar surface area (TPSA) is 84.9 Å². The maximum absolute atomic E-state index is 12.3. The molecule has 7 nitrogen and oxygen atoms in total. The molecule has 8 heteroatoms. The van der Waals surface area contributed by atoms with Gasteiger partial charge in [-0.25, -0.2) is 4.79 Å². The highest BCUT2D eigenvalue weighted by molar-refractivity contribution is 8.01. The fourth-order valence-electron chi connectivity index (χ4n) is 3.10.